The second-order valence-electron chi connectivity index (χ2n) is 5.93. The van der Waals surface area contributed by atoms with Gasteiger partial charge in [0.15, 0.2) is 11.5 Å². The number of hydrazone groups is 1. The second-order valence-corrected chi connectivity index (χ2v) is 6.34. The highest BCUT2D eigenvalue weighted by molar-refractivity contribution is 6.31. The third kappa shape index (κ3) is 5.24. The van der Waals surface area contributed by atoms with E-state index in [0.717, 1.165) is 11.1 Å². The van der Waals surface area contributed by atoms with E-state index in [-0.39, 0.29) is 5.69 Å². The van der Waals surface area contributed by atoms with Crippen LogP contribution in [0.1, 0.15) is 11.1 Å². The molecule has 0 saturated carbocycles. The summed E-state index contributed by atoms with van der Waals surface area (Å²) in [5.74, 6) is 1.10. The Bertz CT molecular complexity index is 1040. The van der Waals surface area contributed by atoms with Crippen molar-refractivity contribution < 1.29 is 14.4 Å². The molecule has 7 nitrogen and oxygen atoms in total. The number of anilines is 1. The van der Waals surface area contributed by atoms with Crippen molar-refractivity contribution in [3.63, 3.8) is 0 Å². The van der Waals surface area contributed by atoms with Crippen LogP contribution in [0.4, 0.5) is 11.4 Å². The van der Waals surface area contributed by atoms with E-state index in [2.05, 4.69) is 10.5 Å². The lowest BCUT2D eigenvalue weighted by Crippen LogP contribution is -1.99. The van der Waals surface area contributed by atoms with E-state index >= 15 is 0 Å². The molecule has 3 rings (SSSR count). The Morgan fingerprint density at radius 2 is 1.86 bits per heavy atom. The zero-order chi connectivity index (χ0) is 20.6. The zero-order valence-electron chi connectivity index (χ0n) is 15.5. The summed E-state index contributed by atoms with van der Waals surface area (Å²) >= 11 is 6.15. The van der Waals surface area contributed by atoms with Gasteiger partial charge in [0.25, 0.3) is 5.69 Å². The fourth-order valence-electron chi connectivity index (χ4n) is 2.56. The summed E-state index contributed by atoms with van der Waals surface area (Å²) in [7, 11) is 1.55. The number of hydrogen-bond acceptors (Lipinski definition) is 6. The number of halogens is 1. The van der Waals surface area contributed by atoms with Crippen LogP contribution in [0.5, 0.6) is 11.5 Å². The van der Waals surface area contributed by atoms with Crippen LogP contribution in [0.2, 0.25) is 5.02 Å². The fraction of sp³-hybridized carbons (Fsp3) is 0.0952. The molecule has 0 aliphatic heterocycles. The molecule has 3 aromatic carbocycles. The quantitative estimate of drug-likeness (QED) is 0.309. The summed E-state index contributed by atoms with van der Waals surface area (Å²) in [5.41, 5.74) is 4.55. The Morgan fingerprint density at radius 1 is 1.10 bits per heavy atom. The zero-order valence-corrected chi connectivity index (χ0v) is 16.3. The van der Waals surface area contributed by atoms with E-state index in [4.69, 9.17) is 21.1 Å². The third-order valence-corrected chi connectivity index (χ3v) is 4.40. The summed E-state index contributed by atoms with van der Waals surface area (Å²) < 4.78 is 11.2. The lowest BCUT2D eigenvalue weighted by molar-refractivity contribution is -0.384. The van der Waals surface area contributed by atoms with Crippen molar-refractivity contribution in [2.24, 2.45) is 5.10 Å². The molecule has 0 radical (unpaired) electrons. The van der Waals surface area contributed by atoms with E-state index in [1.54, 1.807) is 49.6 Å². The largest absolute Gasteiger partial charge is 0.493 e. The highest BCUT2D eigenvalue weighted by atomic mass is 35.5. The third-order valence-electron chi connectivity index (χ3n) is 4.03. The summed E-state index contributed by atoms with van der Waals surface area (Å²) in [5, 5.41) is 15.7. The number of benzene rings is 3. The van der Waals surface area contributed by atoms with E-state index in [1.165, 1.54) is 12.3 Å². The maximum Gasteiger partial charge on any atom is 0.294 e. The highest BCUT2D eigenvalue weighted by Gasteiger charge is 2.11. The van der Waals surface area contributed by atoms with Crippen LogP contribution in [-0.4, -0.2) is 18.2 Å². The highest BCUT2D eigenvalue weighted by Crippen LogP contribution is 2.29. The van der Waals surface area contributed by atoms with Crippen LogP contribution in [0.15, 0.2) is 71.8 Å². The minimum absolute atomic E-state index is 0.0504. The lowest BCUT2D eigenvalue weighted by Gasteiger charge is -2.12. The lowest BCUT2D eigenvalue weighted by atomic mass is 10.2. The van der Waals surface area contributed by atoms with Crippen molar-refractivity contribution in [1.82, 2.24) is 0 Å². The molecule has 0 atom stereocenters. The van der Waals surface area contributed by atoms with Crippen LogP contribution in [0.25, 0.3) is 0 Å². The predicted octanol–water partition coefficient (Wildman–Crippen LogP) is 5.28. The average Bonchev–Trinajstić information content (AvgIpc) is 2.74. The first-order valence-electron chi connectivity index (χ1n) is 8.65. The molecule has 0 heterocycles. The molecule has 8 heteroatoms. The van der Waals surface area contributed by atoms with Gasteiger partial charge in [-0.15, -0.1) is 0 Å². The number of ether oxygens (including phenoxy) is 2. The Labute approximate surface area is 172 Å². The van der Waals surface area contributed by atoms with Gasteiger partial charge < -0.3 is 9.47 Å². The van der Waals surface area contributed by atoms with Gasteiger partial charge >= 0.3 is 0 Å². The molecule has 0 unspecified atom stereocenters. The van der Waals surface area contributed by atoms with E-state index < -0.39 is 4.92 Å². The van der Waals surface area contributed by atoms with E-state index in [9.17, 15) is 10.1 Å². The molecule has 0 amide bonds. The number of rotatable bonds is 8. The molecular weight excluding hydrogens is 394 g/mol. The van der Waals surface area contributed by atoms with Gasteiger partial charge in [0.05, 0.1) is 18.2 Å². The molecule has 0 fully saturated rings. The van der Waals surface area contributed by atoms with Crippen molar-refractivity contribution >= 4 is 29.2 Å². The van der Waals surface area contributed by atoms with Gasteiger partial charge in [-0.2, -0.15) is 5.10 Å². The number of hydrogen-bond donors (Lipinski definition) is 1. The second kappa shape index (κ2) is 9.57. The predicted molar refractivity (Wildman–Crippen MR) is 113 cm³/mol. The molecule has 0 aliphatic rings. The molecule has 0 saturated heterocycles. The normalized spacial score (nSPS) is 10.7. The number of nitrogens with one attached hydrogen (secondary N) is 1. The Hall–Kier alpha value is -3.58. The SMILES string of the molecule is COc1cc(/C=N\Nc2ccccc2[N+](=O)[O-])ccc1OCc1ccccc1Cl. The van der Waals surface area contributed by atoms with E-state index in [0.29, 0.717) is 28.8 Å². The molecule has 29 heavy (non-hydrogen) atoms. The molecule has 3 aromatic rings. The Morgan fingerprint density at radius 3 is 2.62 bits per heavy atom. The maximum absolute atomic E-state index is 11.0. The number of nitro benzene ring substituents is 1. The van der Waals surface area contributed by atoms with Gasteiger partial charge in [0.1, 0.15) is 12.3 Å². The molecule has 1 N–H and O–H groups in total. The number of nitro groups is 1. The molecule has 0 spiro atoms. The van der Waals surface area contributed by atoms with Crippen LogP contribution in [0.3, 0.4) is 0 Å². The minimum atomic E-state index is -0.466. The number of nitrogens with zero attached hydrogens (tertiary/aromatic N) is 2. The monoisotopic (exact) mass is 411 g/mol. The van der Waals surface area contributed by atoms with Gasteiger partial charge in [-0.1, -0.05) is 41.9 Å². The number of methoxy groups -OCH3 is 1. The smallest absolute Gasteiger partial charge is 0.294 e. The standard InChI is InChI=1S/C21H18ClN3O4/c1-28-21-12-15(13-23-24-18-8-4-5-9-19(18)25(26)27)10-11-20(21)29-14-16-6-2-3-7-17(16)22/h2-13,24H,14H2,1H3/b23-13-. The molecule has 148 valence electrons. The van der Waals surface area contributed by atoms with Crippen LogP contribution < -0.4 is 14.9 Å². The van der Waals surface area contributed by atoms with Crippen LogP contribution >= 0.6 is 11.6 Å². The summed E-state index contributed by atoms with van der Waals surface area (Å²) in [6.07, 6.45) is 1.54. The van der Waals surface area contributed by atoms with Crippen LogP contribution in [0, 0.1) is 10.1 Å². The van der Waals surface area contributed by atoms with Crippen LogP contribution in [-0.2, 0) is 6.61 Å². The first kappa shape index (κ1) is 20.2. The molecule has 0 bridgehead atoms. The first-order chi connectivity index (χ1) is 14.1. The molecular formula is C21H18ClN3O4. The van der Waals surface area contributed by atoms with Crippen molar-refractivity contribution in [2.75, 3.05) is 12.5 Å². The summed E-state index contributed by atoms with van der Waals surface area (Å²) in [6.45, 7) is 0.308. The van der Waals surface area contributed by atoms with Gasteiger partial charge in [-0.05, 0) is 35.9 Å². The van der Waals surface area contributed by atoms with E-state index in [1.807, 2.05) is 18.2 Å². The topological polar surface area (TPSA) is 86.0 Å². The Kier molecular flexibility index (Phi) is 6.65. The molecule has 0 aromatic heterocycles. The van der Waals surface area contributed by atoms with Gasteiger partial charge in [0, 0.05) is 16.7 Å². The van der Waals surface area contributed by atoms with Gasteiger partial charge in [-0.25, -0.2) is 0 Å². The van der Waals surface area contributed by atoms with Gasteiger partial charge in [-0.3, -0.25) is 15.5 Å². The van der Waals surface area contributed by atoms with Crippen molar-refractivity contribution in [2.45, 2.75) is 6.61 Å². The van der Waals surface area contributed by atoms with Gasteiger partial charge in [0.2, 0.25) is 0 Å². The average molecular weight is 412 g/mol. The van der Waals surface area contributed by atoms with Crippen molar-refractivity contribution in [3.05, 3.63) is 93.0 Å². The number of para-hydroxylation sites is 2. The van der Waals surface area contributed by atoms with Crippen molar-refractivity contribution in [3.8, 4) is 11.5 Å². The van der Waals surface area contributed by atoms with Crippen molar-refractivity contribution in [1.29, 1.82) is 0 Å². The fourth-order valence-corrected chi connectivity index (χ4v) is 2.75. The Balaban J connectivity index is 1.69. The first-order valence-corrected chi connectivity index (χ1v) is 9.03. The maximum atomic E-state index is 11.0. The molecule has 0 aliphatic carbocycles. The summed E-state index contributed by atoms with van der Waals surface area (Å²) in [4.78, 5) is 10.6. The minimum Gasteiger partial charge on any atom is -0.493 e. The summed E-state index contributed by atoms with van der Waals surface area (Å²) in [6, 6.07) is 19.1.